The van der Waals surface area contributed by atoms with E-state index in [1.54, 1.807) is 0 Å². The molecule has 1 aromatic rings. The van der Waals surface area contributed by atoms with Gasteiger partial charge >= 0.3 is 6.03 Å². The van der Waals surface area contributed by atoms with Crippen molar-refractivity contribution in [3.63, 3.8) is 0 Å². The van der Waals surface area contributed by atoms with E-state index in [2.05, 4.69) is 46.7 Å². The molecule has 1 aliphatic heterocycles. The summed E-state index contributed by atoms with van der Waals surface area (Å²) in [6.45, 7) is 7.04. The zero-order valence-corrected chi connectivity index (χ0v) is 15.4. The van der Waals surface area contributed by atoms with Crippen LogP contribution in [0, 0.1) is 12.8 Å². The minimum atomic E-state index is -0.476. The SMILES string of the molecule is Cc1cccc(CN2CCC(NC(=O)N[C@@](C)(CO)C3CC3)CC2)c1. The van der Waals surface area contributed by atoms with Gasteiger partial charge in [0, 0.05) is 25.7 Å². The van der Waals surface area contributed by atoms with Crippen LogP contribution in [0.15, 0.2) is 24.3 Å². The Morgan fingerprint density at radius 2 is 2.00 bits per heavy atom. The Bertz CT molecular complexity index is 594. The highest BCUT2D eigenvalue weighted by Gasteiger charge is 2.42. The Balaban J connectivity index is 1.42. The van der Waals surface area contributed by atoms with Crippen molar-refractivity contribution < 1.29 is 9.90 Å². The monoisotopic (exact) mass is 345 g/mol. The Kier molecular flexibility index (Phi) is 5.64. The molecule has 0 bridgehead atoms. The summed E-state index contributed by atoms with van der Waals surface area (Å²) in [6, 6.07) is 8.74. The molecular weight excluding hydrogens is 314 g/mol. The average Bonchev–Trinajstić information content (AvgIpc) is 3.42. The molecule has 2 amide bonds. The molecule has 5 heteroatoms. The van der Waals surface area contributed by atoms with Crippen LogP contribution < -0.4 is 10.6 Å². The summed E-state index contributed by atoms with van der Waals surface area (Å²) < 4.78 is 0. The van der Waals surface area contributed by atoms with Gasteiger partial charge in [-0.15, -0.1) is 0 Å². The Labute approximate surface area is 150 Å². The fourth-order valence-electron chi connectivity index (χ4n) is 3.78. The number of aliphatic hydroxyl groups is 1. The molecule has 1 saturated heterocycles. The third-order valence-electron chi connectivity index (χ3n) is 5.62. The number of piperidine rings is 1. The van der Waals surface area contributed by atoms with Crippen molar-refractivity contribution in [2.45, 2.75) is 57.7 Å². The van der Waals surface area contributed by atoms with Crippen LogP contribution in [-0.2, 0) is 6.54 Å². The van der Waals surface area contributed by atoms with Crippen LogP contribution in [0.25, 0.3) is 0 Å². The Hall–Kier alpha value is -1.59. The second kappa shape index (κ2) is 7.75. The standard InChI is InChI=1S/C20H31N3O2/c1-15-4-3-5-16(12-15)13-23-10-8-18(9-11-23)21-19(25)22-20(2,14-24)17-6-7-17/h3-5,12,17-18,24H,6-11,13-14H2,1-2H3,(H2,21,22,25)/t20-/m0/s1. The number of likely N-dealkylation sites (tertiary alicyclic amines) is 1. The summed E-state index contributed by atoms with van der Waals surface area (Å²) in [4.78, 5) is 14.7. The van der Waals surface area contributed by atoms with Gasteiger partial charge in [0.25, 0.3) is 0 Å². The van der Waals surface area contributed by atoms with Crippen molar-refractivity contribution in [2.75, 3.05) is 19.7 Å². The minimum Gasteiger partial charge on any atom is -0.394 e. The fourth-order valence-corrected chi connectivity index (χ4v) is 3.78. The molecule has 0 unspecified atom stereocenters. The number of nitrogens with one attached hydrogen (secondary N) is 2. The third kappa shape index (κ3) is 4.95. The van der Waals surface area contributed by atoms with Gasteiger partial charge in [-0.1, -0.05) is 29.8 Å². The van der Waals surface area contributed by atoms with Gasteiger partial charge in [-0.2, -0.15) is 0 Å². The summed E-state index contributed by atoms with van der Waals surface area (Å²) in [6.07, 6.45) is 4.13. The van der Waals surface area contributed by atoms with E-state index in [9.17, 15) is 9.90 Å². The van der Waals surface area contributed by atoms with Crippen LogP contribution in [0.3, 0.4) is 0 Å². The summed E-state index contributed by atoms with van der Waals surface area (Å²) in [5.74, 6) is 0.416. The molecular formula is C20H31N3O2. The number of carbonyl (C=O) groups is 1. The van der Waals surface area contributed by atoms with E-state index in [1.165, 1.54) is 11.1 Å². The number of urea groups is 1. The third-order valence-corrected chi connectivity index (χ3v) is 5.62. The summed E-state index contributed by atoms with van der Waals surface area (Å²) >= 11 is 0. The van der Waals surface area contributed by atoms with Crippen LogP contribution in [0.5, 0.6) is 0 Å². The van der Waals surface area contributed by atoms with Gasteiger partial charge in [0.2, 0.25) is 0 Å². The Morgan fingerprint density at radius 1 is 1.28 bits per heavy atom. The first-order chi connectivity index (χ1) is 12.0. The molecule has 2 aliphatic rings. The number of rotatable bonds is 6. The minimum absolute atomic E-state index is 0.0000233. The molecule has 1 heterocycles. The smallest absolute Gasteiger partial charge is 0.315 e. The predicted octanol–water partition coefficient (Wildman–Crippen LogP) is 2.42. The number of benzene rings is 1. The lowest BCUT2D eigenvalue weighted by atomic mass is 9.97. The maximum Gasteiger partial charge on any atom is 0.315 e. The maximum absolute atomic E-state index is 12.3. The second-order valence-electron chi connectivity index (χ2n) is 7.99. The van der Waals surface area contributed by atoms with Crippen molar-refractivity contribution in [2.24, 2.45) is 5.92 Å². The van der Waals surface area contributed by atoms with Crippen LogP contribution in [0.1, 0.15) is 43.7 Å². The average molecular weight is 345 g/mol. The van der Waals surface area contributed by atoms with E-state index in [0.29, 0.717) is 5.92 Å². The van der Waals surface area contributed by atoms with E-state index in [4.69, 9.17) is 0 Å². The molecule has 1 aliphatic carbocycles. The molecule has 0 aromatic heterocycles. The normalized spacial score (nSPS) is 21.6. The van der Waals surface area contributed by atoms with E-state index in [0.717, 1.165) is 45.3 Å². The number of hydrogen-bond donors (Lipinski definition) is 3. The molecule has 138 valence electrons. The first-order valence-electron chi connectivity index (χ1n) is 9.46. The van der Waals surface area contributed by atoms with E-state index in [-0.39, 0.29) is 18.7 Å². The Morgan fingerprint density at radius 3 is 2.60 bits per heavy atom. The molecule has 0 spiro atoms. The first-order valence-corrected chi connectivity index (χ1v) is 9.46. The maximum atomic E-state index is 12.3. The quantitative estimate of drug-likeness (QED) is 0.742. The fraction of sp³-hybridized carbons (Fsp3) is 0.650. The molecule has 25 heavy (non-hydrogen) atoms. The molecule has 1 aromatic carbocycles. The van der Waals surface area contributed by atoms with Crippen molar-refractivity contribution in [3.05, 3.63) is 35.4 Å². The summed E-state index contributed by atoms with van der Waals surface area (Å²) in [5, 5.41) is 15.7. The topological polar surface area (TPSA) is 64.6 Å². The number of aryl methyl sites for hydroxylation is 1. The lowest BCUT2D eigenvalue weighted by Gasteiger charge is -2.34. The highest BCUT2D eigenvalue weighted by Crippen LogP contribution is 2.39. The van der Waals surface area contributed by atoms with Gasteiger partial charge in [0.1, 0.15) is 0 Å². The molecule has 1 saturated carbocycles. The van der Waals surface area contributed by atoms with Gasteiger partial charge < -0.3 is 15.7 Å². The summed E-state index contributed by atoms with van der Waals surface area (Å²) in [7, 11) is 0. The van der Waals surface area contributed by atoms with Gasteiger partial charge in [-0.25, -0.2) is 4.79 Å². The second-order valence-corrected chi connectivity index (χ2v) is 7.99. The summed E-state index contributed by atoms with van der Waals surface area (Å²) in [5.41, 5.74) is 2.18. The van der Waals surface area contributed by atoms with Crippen molar-refractivity contribution in [3.8, 4) is 0 Å². The molecule has 3 N–H and O–H groups in total. The molecule has 1 atom stereocenters. The zero-order chi connectivity index (χ0) is 17.9. The zero-order valence-electron chi connectivity index (χ0n) is 15.4. The van der Waals surface area contributed by atoms with E-state index < -0.39 is 5.54 Å². The molecule has 0 radical (unpaired) electrons. The number of nitrogens with zero attached hydrogens (tertiary/aromatic N) is 1. The van der Waals surface area contributed by atoms with Gasteiger partial charge in [-0.05, 0) is 51.0 Å². The molecule has 3 rings (SSSR count). The highest BCUT2D eigenvalue weighted by molar-refractivity contribution is 5.75. The van der Waals surface area contributed by atoms with Crippen molar-refractivity contribution in [1.29, 1.82) is 0 Å². The van der Waals surface area contributed by atoms with Gasteiger partial charge in [0.05, 0.1) is 12.1 Å². The van der Waals surface area contributed by atoms with E-state index >= 15 is 0 Å². The first kappa shape index (κ1) is 18.2. The van der Waals surface area contributed by atoms with Crippen LogP contribution in [-0.4, -0.2) is 47.3 Å². The van der Waals surface area contributed by atoms with Crippen molar-refractivity contribution in [1.82, 2.24) is 15.5 Å². The number of aliphatic hydroxyl groups excluding tert-OH is 1. The molecule has 5 nitrogen and oxygen atoms in total. The van der Waals surface area contributed by atoms with E-state index in [1.807, 2.05) is 6.92 Å². The largest absolute Gasteiger partial charge is 0.394 e. The van der Waals surface area contributed by atoms with Crippen LogP contribution in [0.2, 0.25) is 0 Å². The predicted molar refractivity (Wildman–Crippen MR) is 99.4 cm³/mol. The van der Waals surface area contributed by atoms with Crippen LogP contribution in [0.4, 0.5) is 4.79 Å². The van der Waals surface area contributed by atoms with Crippen LogP contribution >= 0.6 is 0 Å². The molecule has 2 fully saturated rings. The lowest BCUT2D eigenvalue weighted by molar-refractivity contribution is 0.149. The lowest BCUT2D eigenvalue weighted by Crippen LogP contribution is -2.56. The number of carbonyl (C=O) groups excluding carboxylic acids is 1. The van der Waals surface area contributed by atoms with Crippen molar-refractivity contribution >= 4 is 6.03 Å². The number of amides is 2. The van der Waals surface area contributed by atoms with Gasteiger partial charge in [0.15, 0.2) is 0 Å². The van der Waals surface area contributed by atoms with Gasteiger partial charge in [-0.3, -0.25) is 4.90 Å². The number of hydrogen-bond acceptors (Lipinski definition) is 3. The highest BCUT2D eigenvalue weighted by atomic mass is 16.3.